The monoisotopic (exact) mass is 414 g/mol. The molecule has 1 aromatic heterocycles. The summed E-state index contributed by atoms with van der Waals surface area (Å²) in [6, 6.07) is 10.3. The van der Waals surface area contributed by atoms with Crippen molar-refractivity contribution in [2.45, 2.75) is 0 Å². The Morgan fingerprint density at radius 1 is 0.967 bits per heavy atom. The molecule has 1 heterocycles. The minimum atomic E-state index is -0.587. The van der Waals surface area contributed by atoms with E-state index in [1.807, 2.05) is 0 Å². The summed E-state index contributed by atoms with van der Waals surface area (Å²) in [4.78, 5) is 28.3. The molecule has 0 spiro atoms. The number of nitrogens with zero attached hydrogens (tertiary/aromatic N) is 2. The lowest BCUT2D eigenvalue weighted by Crippen LogP contribution is -2.34. The SMILES string of the molecule is COc1ccc(C(=O)NCCNC(=O)c2nc(-c3ccc(F)cc3)no2)cc1OC. The number of carbonyl (C=O) groups excluding carboxylic acids is 2. The van der Waals surface area contributed by atoms with Crippen LogP contribution in [0.4, 0.5) is 4.39 Å². The molecule has 0 fully saturated rings. The third-order valence-corrected chi connectivity index (χ3v) is 4.06. The van der Waals surface area contributed by atoms with Crippen molar-refractivity contribution in [3.63, 3.8) is 0 Å². The molecule has 0 radical (unpaired) electrons. The number of benzene rings is 2. The van der Waals surface area contributed by atoms with Crippen LogP contribution in [0.15, 0.2) is 47.0 Å². The van der Waals surface area contributed by atoms with E-state index in [-0.39, 0.29) is 30.7 Å². The first-order valence-corrected chi connectivity index (χ1v) is 8.90. The highest BCUT2D eigenvalue weighted by Crippen LogP contribution is 2.27. The van der Waals surface area contributed by atoms with Gasteiger partial charge < -0.3 is 24.6 Å². The van der Waals surface area contributed by atoms with Gasteiger partial charge in [-0.15, -0.1) is 0 Å². The highest BCUT2D eigenvalue weighted by Gasteiger charge is 2.16. The Bertz CT molecular complexity index is 1040. The van der Waals surface area contributed by atoms with E-state index < -0.39 is 11.7 Å². The summed E-state index contributed by atoms with van der Waals surface area (Å²) >= 11 is 0. The number of methoxy groups -OCH3 is 2. The minimum Gasteiger partial charge on any atom is -0.493 e. The first-order valence-electron chi connectivity index (χ1n) is 8.90. The number of halogens is 1. The molecule has 0 saturated carbocycles. The molecular weight excluding hydrogens is 395 g/mol. The van der Waals surface area contributed by atoms with E-state index in [0.717, 1.165) is 0 Å². The molecule has 3 aromatic rings. The first-order chi connectivity index (χ1) is 14.5. The van der Waals surface area contributed by atoms with Crippen molar-refractivity contribution < 1.29 is 28.0 Å². The fourth-order valence-electron chi connectivity index (χ4n) is 2.54. The Hall–Kier alpha value is -3.95. The fourth-order valence-corrected chi connectivity index (χ4v) is 2.54. The highest BCUT2D eigenvalue weighted by molar-refractivity contribution is 5.95. The second-order valence-electron chi connectivity index (χ2n) is 6.01. The lowest BCUT2D eigenvalue weighted by Gasteiger charge is -2.10. The van der Waals surface area contributed by atoms with Gasteiger partial charge in [0, 0.05) is 24.2 Å². The van der Waals surface area contributed by atoms with Crippen molar-refractivity contribution in [3.8, 4) is 22.9 Å². The minimum absolute atomic E-state index is 0.145. The van der Waals surface area contributed by atoms with Gasteiger partial charge in [0.15, 0.2) is 11.5 Å². The van der Waals surface area contributed by atoms with Gasteiger partial charge in [0.2, 0.25) is 5.82 Å². The van der Waals surface area contributed by atoms with E-state index in [1.165, 1.54) is 38.5 Å². The number of hydrogen-bond donors (Lipinski definition) is 2. The predicted octanol–water partition coefficient (Wildman–Crippen LogP) is 2.05. The summed E-state index contributed by atoms with van der Waals surface area (Å²) in [6.45, 7) is 0.323. The number of nitrogens with one attached hydrogen (secondary N) is 2. The van der Waals surface area contributed by atoms with Gasteiger partial charge >= 0.3 is 11.8 Å². The van der Waals surface area contributed by atoms with Crippen LogP contribution in [0, 0.1) is 5.82 Å². The maximum absolute atomic E-state index is 13.0. The molecule has 3 rings (SSSR count). The number of hydrogen-bond acceptors (Lipinski definition) is 7. The van der Waals surface area contributed by atoms with Crippen LogP contribution in [0.1, 0.15) is 21.0 Å². The summed E-state index contributed by atoms with van der Waals surface area (Å²) in [5, 5.41) is 8.95. The van der Waals surface area contributed by atoms with Gasteiger partial charge in [-0.3, -0.25) is 9.59 Å². The Kier molecular flexibility index (Phi) is 6.58. The molecule has 2 amide bonds. The van der Waals surface area contributed by atoms with Crippen LogP contribution in [-0.4, -0.2) is 49.3 Å². The first kappa shape index (κ1) is 20.8. The van der Waals surface area contributed by atoms with Crippen LogP contribution >= 0.6 is 0 Å². The predicted molar refractivity (Wildman–Crippen MR) is 104 cm³/mol. The summed E-state index contributed by atoms with van der Waals surface area (Å²) in [5.74, 6) is -0.428. The van der Waals surface area contributed by atoms with Crippen molar-refractivity contribution in [1.29, 1.82) is 0 Å². The van der Waals surface area contributed by atoms with Gasteiger partial charge in [-0.25, -0.2) is 4.39 Å². The number of ether oxygens (including phenoxy) is 2. The van der Waals surface area contributed by atoms with Crippen LogP contribution in [0.3, 0.4) is 0 Å². The fraction of sp³-hybridized carbons (Fsp3) is 0.200. The van der Waals surface area contributed by atoms with E-state index >= 15 is 0 Å². The molecule has 0 saturated heterocycles. The summed E-state index contributed by atoms with van der Waals surface area (Å²) in [6.07, 6.45) is 0. The molecule has 156 valence electrons. The average Bonchev–Trinajstić information content (AvgIpc) is 3.26. The van der Waals surface area contributed by atoms with E-state index in [4.69, 9.17) is 14.0 Å². The van der Waals surface area contributed by atoms with Gasteiger partial charge in [-0.2, -0.15) is 4.98 Å². The Balaban J connectivity index is 1.49. The number of amides is 2. The molecule has 0 aliphatic carbocycles. The summed E-state index contributed by atoms with van der Waals surface area (Å²) < 4.78 is 28.2. The third kappa shape index (κ3) is 4.90. The molecule has 0 bridgehead atoms. The second-order valence-corrected chi connectivity index (χ2v) is 6.01. The van der Waals surface area contributed by atoms with E-state index in [1.54, 1.807) is 18.2 Å². The molecule has 30 heavy (non-hydrogen) atoms. The third-order valence-electron chi connectivity index (χ3n) is 4.06. The molecule has 0 aliphatic rings. The smallest absolute Gasteiger partial charge is 0.316 e. The van der Waals surface area contributed by atoms with Crippen molar-refractivity contribution in [1.82, 2.24) is 20.8 Å². The second kappa shape index (κ2) is 9.50. The van der Waals surface area contributed by atoms with Crippen molar-refractivity contribution >= 4 is 11.8 Å². The topological polar surface area (TPSA) is 116 Å². The van der Waals surface area contributed by atoms with Crippen LogP contribution in [0.2, 0.25) is 0 Å². The van der Waals surface area contributed by atoms with E-state index in [0.29, 0.717) is 22.6 Å². The van der Waals surface area contributed by atoms with Crippen molar-refractivity contribution in [2.75, 3.05) is 27.3 Å². The van der Waals surface area contributed by atoms with Crippen LogP contribution in [0.25, 0.3) is 11.4 Å². The lowest BCUT2D eigenvalue weighted by molar-refractivity contribution is 0.0898. The van der Waals surface area contributed by atoms with Gasteiger partial charge in [-0.05, 0) is 42.5 Å². The Labute approximate surface area is 171 Å². The molecule has 10 heteroatoms. The van der Waals surface area contributed by atoms with Crippen molar-refractivity contribution in [3.05, 3.63) is 59.7 Å². The normalized spacial score (nSPS) is 10.4. The van der Waals surface area contributed by atoms with Crippen LogP contribution < -0.4 is 20.1 Å². The zero-order valence-electron chi connectivity index (χ0n) is 16.3. The lowest BCUT2D eigenvalue weighted by atomic mass is 10.2. The van der Waals surface area contributed by atoms with Crippen molar-refractivity contribution in [2.24, 2.45) is 0 Å². The quantitative estimate of drug-likeness (QED) is 0.542. The number of aromatic nitrogens is 2. The molecule has 2 aromatic carbocycles. The molecule has 0 unspecified atom stereocenters. The van der Waals surface area contributed by atoms with Gasteiger partial charge in [0.25, 0.3) is 5.91 Å². The summed E-state index contributed by atoms with van der Waals surface area (Å²) in [7, 11) is 2.99. The Morgan fingerprint density at radius 2 is 1.63 bits per heavy atom. The zero-order valence-corrected chi connectivity index (χ0v) is 16.3. The van der Waals surface area contributed by atoms with E-state index in [2.05, 4.69) is 20.8 Å². The maximum Gasteiger partial charge on any atom is 0.316 e. The van der Waals surface area contributed by atoms with E-state index in [9.17, 15) is 14.0 Å². The van der Waals surface area contributed by atoms with Gasteiger partial charge in [0.1, 0.15) is 5.82 Å². The van der Waals surface area contributed by atoms with Gasteiger partial charge in [0.05, 0.1) is 14.2 Å². The van der Waals surface area contributed by atoms with Crippen LogP contribution in [-0.2, 0) is 0 Å². The summed E-state index contributed by atoms with van der Waals surface area (Å²) in [5.41, 5.74) is 0.904. The number of rotatable bonds is 8. The molecule has 9 nitrogen and oxygen atoms in total. The molecule has 2 N–H and O–H groups in total. The molecule has 0 atom stereocenters. The number of carbonyl (C=O) groups is 2. The Morgan fingerprint density at radius 3 is 2.30 bits per heavy atom. The van der Waals surface area contributed by atoms with Gasteiger partial charge in [-0.1, -0.05) is 5.16 Å². The molecule has 0 aliphatic heterocycles. The highest BCUT2D eigenvalue weighted by atomic mass is 19.1. The zero-order chi connectivity index (χ0) is 21.5. The maximum atomic E-state index is 13.0. The standard InChI is InChI=1S/C20H19FN4O5/c1-28-15-8-5-13(11-16(15)29-2)18(26)22-9-10-23-19(27)20-24-17(25-30-20)12-3-6-14(21)7-4-12/h3-8,11H,9-10H2,1-2H3,(H,22,26)(H,23,27). The van der Waals surface area contributed by atoms with Crippen LogP contribution in [0.5, 0.6) is 11.5 Å². The molecular formula is C20H19FN4O5. The largest absolute Gasteiger partial charge is 0.493 e. The average molecular weight is 414 g/mol.